The second kappa shape index (κ2) is 6.49. The lowest BCUT2D eigenvalue weighted by Gasteiger charge is -2.05. The highest BCUT2D eigenvalue weighted by Crippen LogP contribution is 2.16. The van der Waals surface area contributed by atoms with Crippen LogP contribution < -0.4 is 5.32 Å². The zero-order valence-electron chi connectivity index (χ0n) is 9.86. The van der Waals surface area contributed by atoms with Crippen LogP contribution in [0.3, 0.4) is 0 Å². The molecule has 0 aromatic carbocycles. The molecule has 0 unspecified atom stereocenters. The fourth-order valence-electron chi connectivity index (χ4n) is 1.49. The van der Waals surface area contributed by atoms with Gasteiger partial charge in [-0.05, 0) is 18.6 Å². The maximum Gasteiger partial charge on any atom is 0.254 e. The zero-order chi connectivity index (χ0) is 13.7. The minimum absolute atomic E-state index is 0.0974. The van der Waals surface area contributed by atoms with Crippen molar-refractivity contribution in [2.45, 2.75) is 12.8 Å². The number of carbonyl (C=O) groups is 1. The van der Waals surface area contributed by atoms with Crippen LogP contribution in [0.15, 0.2) is 18.5 Å². The van der Waals surface area contributed by atoms with Gasteiger partial charge in [0.25, 0.3) is 5.91 Å². The number of carbonyl (C=O) groups excluding carboxylic acids is 1. The van der Waals surface area contributed by atoms with E-state index in [1.54, 1.807) is 6.07 Å². The zero-order valence-corrected chi connectivity index (χ0v) is 11.4. The van der Waals surface area contributed by atoms with Crippen LogP contribution in [0, 0.1) is 0 Å². The fraction of sp³-hybridized carbons (Fsp3) is 0.273. The van der Waals surface area contributed by atoms with Gasteiger partial charge in [0.1, 0.15) is 22.5 Å². The Hall–Kier alpha value is -1.66. The molecule has 0 radical (unpaired) electrons. The van der Waals surface area contributed by atoms with E-state index in [-0.39, 0.29) is 16.2 Å². The highest BCUT2D eigenvalue weighted by atomic mass is 35.5. The number of amides is 1. The standard InChI is InChI=1S/C11H11Cl2N5O/c12-8-4-3-7(10(13)17-8)11(19)14-5-1-2-9-15-6-16-18-9/h3-4,6H,1-2,5H2,(H,14,19)(H,15,16,18). The van der Waals surface area contributed by atoms with Crippen LogP contribution in [-0.4, -0.2) is 32.6 Å². The minimum Gasteiger partial charge on any atom is -0.352 e. The van der Waals surface area contributed by atoms with Crippen LogP contribution in [-0.2, 0) is 6.42 Å². The molecule has 2 rings (SSSR count). The second-order valence-corrected chi connectivity index (χ2v) is 4.51. The first kappa shape index (κ1) is 13.8. The Morgan fingerprint density at radius 2 is 2.21 bits per heavy atom. The third-order valence-electron chi connectivity index (χ3n) is 2.40. The highest BCUT2D eigenvalue weighted by molar-refractivity contribution is 6.34. The summed E-state index contributed by atoms with van der Waals surface area (Å²) in [6.07, 6.45) is 2.92. The van der Waals surface area contributed by atoms with Crippen molar-refractivity contribution in [3.8, 4) is 0 Å². The molecule has 2 aromatic rings. The first-order valence-electron chi connectivity index (χ1n) is 5.61. The third kappa shape index (κ3) is 3.90. The molecule has 2 N–H and O–H groups in total. The van der Waals surface area contributed by atoms with Gasteiger partial charge >= 0.3 is 0 Å². The van der Waals surface area contributed by atoms with Gasteiger partial charge in [-0.2, -0.15) is 5.10 Å². The predicted octanol–water partition coefficient (Wildman–Crippen LogP) is 1.87. The number of aromatic amines is 1. The van der Waals surface area contributed by atoms with E-state index >= 15 is 0 Å². The number of aromatic nitrogens is 4. The summed E-state index contributed by atoms with van der Waals surface area (Å²) in [5.41, 5.74) is 0.311. The molecule has 0 aliphatic rings. The summed E-state index contributed by atoms with van der Waals surface area (Å²) in [5, 5.41) is 9.60. The van der Waals surface area contributed by atoms with E-state index in [0.29, 0.717) is 18.5 Å². The van der Waals surface area contributed by atoms with Crippen LogP contribution in [0.25, 0.3) is 0 Å². The molecule has 6 nitrogen and oxygen atoms in total. The summed E-state index contributed by atoms with van der Waals surface area (Å²) in [4.78, 5) is 19.6. The number of nitrogens with one attached hydrogen (secondary N) is 2. The van der Waals surface area contributed by atoms with E-state index in [4.69, 9.17) is 23.2 Å². The molecule has 1 amide bonds. The molecule has 0 fully saturated rings. The van der Waals surface area contributed by atoms with E-state index in [1.165, 1.54) is 12.4 Å². The molecule has 0 bridgehead atoms. The Bertz CT molecular complexity index is 558. The molecule has 2 aromatic heterocycles. The van der Waals surface area contributed by atoms with E-state index in [2.05, 4.69) is 25.5 Å². The van der Waals surface area contributed by atoms with Crippen molar-refractivity contribution in [1.82, 2.24) is 25.5 Å². The van der Waals surface area contributed by atoms with Crippen LogP contribution in [0.5, 0.6) is 0 Å². The van der Waals surface area contributed by atoms with Crippen LogP contribution in [0.1, 0.15) is 22.6 Å². The van der Waals surface area contributed by atoms with E-state index in [9.17, 15) is 4.79 Å². The van der Waals surface area contributed by atoms with Gasteiger partial charge < -0.3 is 5.32 Å². The number of halogens is 2. The van der Waals surface area contributed by atoms with Gasteiger partial charge in [0.05, 0.1) is 5.56 Å². The number of aryl methyl sites for hydroxylation is 1. The smallest absolute Gasteiger partial charge is 0.254 e. The number of rotatable bonds is 5. The summed E-state index contributed by atoms with van der Waals surface area (Å²) in [6, 6.07) is 3.07. The number of pyridine rings is 1. The molecule has 0 spiro atoms. The molecule has 0 aliphatic carbocycles. The summed E-state index contributed by atoms with van der Waals surface area (Å²) < 4.78 is 0. The van der Waals surface area contributed by atoms with Gasteiger partial charge in [0.2, 0.25) is 0 Å². The van der Waals surface area contributed by atoms with Crippen molar-refractivity contribution >= 4 is 29.1 Å². The molecular formula is C11H11Cl2N5O. The van der Waals surface area contributed by atoms with Crippen LogP contribution in [0.4, 0.5) is 0 Å². The summed E-state index contributed by atoms with van der Waals surface area (Å²) in [7, 11) is 0. The third-order valence-corrected chi connectivity index (χ3v) is 2.90. The summed E-state index contributed by atoms with van der Waals surface area (Å²) in [5.74, 6) is 0.521. The molecule has 100 valence electrons. The average molecular weight is 300 g/mol. The predicted molar refractivity (Wildman–Crippen MR) is 71.3 cm³/mol. The lowest BCUT2D eigenvalue weighted by Crippen LogP contribution is -2.25. The molecule has 0 atom stereocenters. The molecule has 0 saturated heterocycles. The van der Waals surface area contributed by atoms with Crippen molar-refractivity contribution in [1.29, 1.82) is 0 Å². The summed E-state index contributed by atoms with van der Waals surface area (Å²) >= 11 is 11.5. The lowest BCUT2D eigenvalue weighted by molar-refractivity contribution is 0.0953. The summed E-state index contributed by atoms with van der Waals surface area (Å²) in [6.45, 7) is 0.512. The molecule has 0 aliphatic heterocycles. The van der Waals surface area contributed by atoms with E-state index in [1.807, 2.05) is 0 Å². The first-order valence-corrected chi connectivity index (χ1v) is 6.37. The second-order valence-electron chi connectivity index (χ2n) is 3.76. The first-order chi connectivity index (χ1) is 9.16. The molecule has 0 saturated carbocycles. The normalized spacial score (nSPS) is 10.4. The van der Waals surface area contributed by atoms with Gasteiger partial charge in [-0.3, -0.25) is 9.89 Å². The van der Waals surface area contributed by atoms with Gasteiger partial charge in [0.15, 0.2) is 0 Å². The Balaban J connectivity index is 1.81. The maximum absolute atomic E-state index is 11.8. The molecule has 19 heavy (non-hydrogen) atoms. The van der Waals surface area contributed by atoms with Crippen molar-refractivity contribution < 1.29 is 4.79 Å². The van der Waals surface area contributed by atoms with Crippen LogP contribution >= 0.6 is 23.2 Å². The fourth-order valence-corrected chi connectivity index (χ4v) is 1.92. The van der Waals surface area contributed by atoms with Gasteiger partial charge in [0, 0.05) is 13.0 Å². The van der Waals surface area contributed by atoms with Crippen molar-refractivity contribution in [2.75, 3.05) is 6.54 Å². The lowest BCUT2D eigenvalue weighted by atomic mass is 10.2. The average Bonchev–Trinajstić information content (AvgIpc) is 2.87. The van der Waals surface area contributed by atoms with Crippen molar-refractivity contribution in [3.05, 3.63) is 40.2 Å². The van der Waals surface area contributed by atoms with Crippen LogP contribution in [0.2, 0.25) is 10.3 Å². The van der Waals surface area contributed by atoms with Gasteiger partial charge in [-0.15, -0.1) is 0 Å². The largest absolute Gasteiger partial charge is 0.352 e. The number of H-pyrrole nitrogens is 1. The van der Waals surface area contributed by atoms with E-state index in [0.717, 1.165) is 12.2 Å². The Kier molecular flexibility index (Phi) is 4.70. The molecule has 2 heterocycles. The SMILES string of the molecule is O=C(NCCCc1ncn[nH]1)c1ccc(Cl)nc1Cl. The number of nitrogens with zero attached hydrogens (tertiary/aromatic N) is 3. The van der Waals surface area contributed by atoms with Crippen molar-refractivity contribution in [3.63, 3.8) is 0 Å². The van der Waals surface area contributed by atoms with Gasteiger partial charge in [-0.25, -0.2) is 9.97 Å². The highest BCUT2D eigenvalue weighted by Gasteiger charge is 2.11. The monoisotopic (exact) mass is 299 g/mol. The topological polar surface area (TPSA) is 83.6 Å². The quantitative estimate of drug-likeness (QED) is 0.652. The van der Waals surface area contributed by atoms with Gasteiger partial charge in [-0.1, -0.05) is 23.2 Å². The number of hydrogen-bond donors (Lipinski definition) is 2. The maximum atomic E-state index is 11.8. The minimum atomic E-state index is -0.272. The van der Waals surface area contributed by atoms with Crippen molar-refractivity contribution in [2.24, 2.45) is 0 Å². The van der Waals surface area contributed by atoms with E-state index < -0.39 is 0 Å². The Morgan fingerprint density at radius 1 is 1.37 bits per heavy atom. The Labute approximate surface area is 119 Å². The Morgan fingerprint density at radius 3 is 2.89 bits per heavy atom. The molecular weight excluding hydrogens is 289 g/mol. The molecule has 8 heteroatoms. The number of hydrogen-bond acceptors (Lipinski definition) is 4.